The summed E-state index contributed by atoms with van der Waals surface area (Å²) in [6.45, 7) is 3.70. The Morgan fingerprint density at radius 2 is 1.91 bits per heavy atom. The number of benzene rings is 1. The maximum absolute atomic E-state index is 13.2. The lowest BCUT2D eigenvalue weighted by Gasteiger charge is -2.36. The highest BCUT2D eigenvalue weighted by Crippen LogP contribution is 2.38. The van der Waals surface area contributed by atoms with E-state index in [9.17, 15) is 19.2 Å². The third kappa shape index (κ3) is 4.30. The Morgan fingerprint density at radius 3 is 2.57 bits per heavy atom. The molecule has 2 fully saturated rings. The van der Waals surface area contributed by atoms with Gasteiger partial charge in [0.2, 0.25) is 5.91 Å². The van der Waals surface area contributed by atoms with E-state index in [0.717, 1.165) is 24.2 Å². The van der Waals surface area contributed by atoms with Gasteiger partial charge in [0.05, 0.1) is 31.7 Å². The second-order valence-electron chi connectivity index (χ2n) is 9.08. The minimum atomic E-state index is -0.919. The van der Waals surface area contributed by atoms with E-state index in [0.29, 0.717) is 35.4 Å². The molecule has 11 nitrogen and oxygen atoms in total. The highest BCUT2D eigenvalue weighted by molar-refractivity contribution is 6.09. The number of aromatic nitrogens is 2. The summed E-state index contributed by atoms with van der Waals surface area (Å²) in [6.07, 6.45) is 3.31. The number of methoxy groups -OCH3 is 2. The Bertz CT molecular complexity index is 1230. The number of urea groups is 1. The Kier molecular flexibility index (Phi) is 6.68. The van der Waals surface area contributed by atoms with Crippen molar-refractivity contribution in [2.24, 2.45) is 5.92 Å². The van der Waals surface area contributed by atoms with Crippen LogP contribution in [-0.4, -0.2) is 70.5 Å². The molecular weight excluding hydrogens is 454 g/mol. The van der Waals surface area contributed by atoms with Crippen LogP contribution in [0.3, 0.4) is 0 Å². The van der Waals surface area contributed by atoms with Crippen molar-refractivity contribution in [3.8, 4) is 11.5 Å². The molecule has 0 unspecified atom stereocenters. The normalized spacial score (nSPS) is 21.9. The molecule has 1 aliphatic carbocycles. The lowest BCUT2D eigenvalue weighted by atomic mass is 9.73. The van der Waals surface area contributed by atoms with E-state index in [1.54, 1.807) is 19.1 Å². The van der Waals surface area contributed by atoms with Crippen LogP contribution in [0.25, 0.3) is 10.9 Å². The van der Waals surface area contributed by atoms with Crippen LogP contribution in [0.1, 0.15) is 45.4 Å². The molecule has 2 heterocycles. The molecule has 0 radical (unpaired) electrons. The van der Waals surface area contributed by atoms with E-state index >= 15 is 0 Å². The molecule has 4 rings (SSSR count). The fraction of sp³-hybridized carbons (Fsp3) is 0.542. The molecule has 188 valence electrons. The first-order valence-electron chi connectivity index (χ1n) is 11.8. The zero-order valence-corrected chi connectivity index (χ0v) is 20.5. The van der Waals surface area contributed by atoms with Crippen LogP contribution in [-0.2, 0) is 16.1 Å². The summed E-state index contributed by atoms with van der Waals surface area (Å²) in [5, 5.41) is 3.19. The van der Waals surface area contributed by atoms with E-state index in [1.165, 1.54) is 19.1 Å². The van der Waals surface area contributed by atoms with Gasteiger partial charge in [0.15, 0.2) is 11.5 Å². The van der Waals surface area contributed by atoms with Gasteiger partial charge in [-0.15, -0.1) is 0 Å². The Balaban J connectivity index is 1.53. The number of likely N-dealkylation sites (N-methyl/N-ethyl adjacent to an activating group) is 1. The number of carbonyl (C=O) groups is 3. The van der Waals surface area contributed by atoms with Crippen molar-refractivity contribution >= 4 is 28.7 Å². The Morgan fingerprint density at radius 1 is 1.20 bits per heavy atom. The van der Waals surface area contributed by atoms with Crippen molar-refractivity contribution in [2.45, 2.75) is 51.6 Å². The van der Waals surface area contributed by atoms with Crippen LogP contribution in [0.5, 0.6) is 11.5 Å². The smallest absolute Gasteiger partial charge is 0.325 e. The van der Waals surface area contributed by atoms with Gasteiger partial charge in [-0.25, -0.2) is 9.78 Å². The number of hydrogen-bond donors (Lipinski definition) is 2. The first kappa shape index (κ1) is 24.5. The fourth-order valence-corrected chi connectivity index (χ4v) is 5.02. The Hall–Kier alpha value is -3.63. The van der Waals surface area contributed by atoms with Crippen molar-refractivity contribution in [1.82, 2.24) is 25.1 Å². The number of ether oxygens (including phenoxy) is 2. The number of aromatic amines is 1. The number of carbonyl (C=O) groups excluding carboxylic acids is 3. The maximum Gasteiger partial charge on any atom is 0.325 e. The highest BCUT2D eigenvalue weighted by atomic mass is 16.5. The number of H-pyrrole nitrogens is 1. The van der Waals surface area contributed by atoms with Crippen molar-refractivity contribution in [2.75, 3.05) is 27.3 Å². The van der Waals surface area contributed by atoms with Crippen LogP contribution >= 0.6 is 0 Å². The molecule has 1 aliphatic heterocycles. The molecule has 1 saturated heterocycles. The van der Waals surface area contributed by atoms with Gasteiger partial charge in [-0.3, -0.25) is 19.3 Å². The monoisotopic (exact) mass is 485 g/mol. The van der Waals surface area contributed by atoms with Gasteiger partial charge in [-0.05, 0) is 31.7 Å². The summed E-state index contributed by atoms with van der Waals surface area (Å²) in [5.74, 6) is 0.377. The molecule has 2 N–H and O–H groups in total. The Labute approximate surface area is 202 Å². The number of imide groups is 1. The minimum absolute atomic E-state index is 0.0116. The van der Waals surface area contributed by atoms with Gasteiger partial charge in [-0.2, -0.15) is 0 Å². The van der Waals surface area contributed by atoms with Crippen molar-refractivity contribution in [3.05, 3.63) is 28.3 Å². The quantitative estimate of drug-likeness (QED) is 0.571. The van der Waals surface area contributed by atoms with Crippen LogP contribution in [0.15, 0.2) is 16.9 Å². The lowest BCUT2D eigenvalue weighted by Crippen LogP contribution is -2.54. The van der Waals surface area contributed by atoms with Crippen molar-refractivity contribution in [3.63, 3.8) is 0 Å². The molecular formula is C24H31N5O6. The highest BCUT2D eigenvalue weighted by Gasteiger charge is 2.55. The zero-order valence-electron chi connectivity index (χ0n) is 20.5. The van der Waals surface area contributed by atoms with Crippen molar-refractivity contribution in [1.29, 1.82) is 0 Å². The third-order valence-corrected chi connectivity index (χ3v) is 7.13. The molecule has 2 aromatic rings. The third-order valence-electron chi connectivity index (χ3n) is 7.13. The second kappa shape index (κ2) is 9.55. The van der Waals surface area contributed by atoms with Crippen LogP contribution in [0, 0.1) is 5.92 Å². The van der Waals surface area contributed by atoms with E-state index in [1.807, 2.05) is 6.92 Å². The first-order chi connectivity index (χ1) is 16.7. The molecule has 1 aromatic heterocycles. The summed E-state index contributed by atoms with van der Waals surface area (Å²) in [4.78, 5) is 61.3. The van der Waals surface area contributed by atoms with Crippen LogP contribution in [0.4, 0.5) is 4.79 Å². The number of hydrogen-bond acceptors (Lipinski definition) is 7. The summed E-state index contributed by atoms with van der Waals surface area (Å²) in [6, 6.07) is 2.61. The molecule has 2 atom stereocenters. The fourth-order valence-electron chi connectivity index (χ4n) is 5.02. The number of nitrogens with one attached hydrogen (secondary N) is 2. The van der Waals surface area contributed by atoms with E-state index in [-0.39, 0.29) is 36.3 Å². The van der Waals surface area contributed by atoms with Crippen LogP contribution in [0.2, 0.25) is 0 Å². The molecule has 4 amide bonds. The topological polar surface area (TPSA) is 134 Å². The van der Waals surface area contributed by atoms with E-state index in [2.05, 4.69) is 15.3 Å². The SMILES string of the molecule is CCN(Cc1nc2cc(OC)c(OC)cc2c(=O)[nH]1)C(=O)CN1C(=O)N[C@]2(CCCC[C@H]2C)C1=O. The number of rotatable bonds is 7. The first-order valence-corrected chi connectivity index (χ1v) is 11.8. The summed E-state index contributed by atoms with van der Waals surface area (Å²) >= 11 is 0. The minimum Gasteiger partial charge on any atom is -0.493 e. The number of amides is 4. The average Bonchev–Trinajstić information content (AvgIpc) is 3.08. The predicted octanol–water partition coefficient (Wildman–Crippen LogP) is 1.79. The molecule has 2 aliphatic rings. The van der Waals surface area contributed by atoms with E-state index < -0.39 is 17.5 Å². The van der Waals surface area contributed by atoms with Gasteiger partial charge in [0.1, 0.15) is 17.9 Å². The average molecular weight is 486 g/mol. The molecule has 1 saturated carbocycles. The number of nitrogens with zero attached hydrogens (tertiary/aromatic N) is 3. The van der Waals surface area contributed by atoms with E-state index in [4.69, 9.17) is 9.47 Å². The van der Waals surface area contributed by atoms with Crippen LogP contribution < -0.4 is 20.3 Å². The van der Waals surface area contributed by atoms with Gasteiger partial charge >= 0.3 is 6.03 Å². The molecule has 0 bridgehead atoms. The zero-order chi connectivity index (χ0) is 25.3. The number of fused-ring (bicyclic) bond motifs is 1. The molecule has 1 spiro atoms. The van der Waals surface area contributed by atoms with Gasteiger partial charge in [0.25, 0.3) is 11.5 Å². The molecule has 11 heteroatoms. The molecule has 35 heavy (non-hydrogen) atoms. The van der Waals surface area contributed by atoms with Crippen molar-refractivity contribution < 1.29 is 23.9 Å². The van der Waals surface area contributed by atoms with Gasteiger partial charge in [-0.1, -0.05) is 19.8 Å². The predicted molar refractivity (Wildman–Crippen MR) is 127 cm³/mol. The second-order valence-corrected chi connectivity index (χ2v) is 9.08. The largest absolute Gasteiger partial charge is 0.493 e. The standard InChI is InChI=1S/C24H31N5O6/c1-5-28(12-19-25-16-11-18(35-4)17(34-3)10-15(16)21(31)26-19)20(30)13-29-22(32)24(27-23(29)33)9-7-6-8-14(24)2/h10-11,14H,5-9,12-13H2,1-4H3,(H,27,33)(H,25,26,31)/t14-,24+/m1/s1. The van der Waals surface area contributed by atoms with Gasteiger partial charge < -0.3 is 24.7 Å². The summed E-state index contributed by atoms with van der Waals surface area (Å²) < 4.78 is 10.5. The van der Waals surface area contributed by atoms with Gasteiger partial charge in [0, 0.05) is 12.6 Å². The maximum atomic E-state index is 13.2. The molecule has 1 aromatic carbocycles. The summed E-state index contributed by atoms with van der Waals surface area (Å²) in [5.41, 5.74) is -0.901. The summed E-state index contributed by atoms with van der Waals surface area (Å²) in [7, 11) is 2.97. The lowest BCUT2D eigenvalue weighted by molar-refractivity contribution is -0.140.